The van der Waals surface area contributed by atoms with Gasteiger partial charge in [0.1, 0.15) is 5.75 Å². The summed E-state index contributed by atoms with van der Waals surface area (Å²) >= 11 is 0. The molecule has 0 aromatic heterocycles. The smallest absolute Gasteiger partial charge is 0.119 e. The maximum Gasteiger partial charge on any atom is 0.119 e. The summed E-state index contributed by atoms with van der Waals surface area (Å²) in [6, 6.07) is 16.6. The van der Waals surface area contributed by atoms with E-state index >= 15 is 0 Å². The van der Waals surface area contributed by atoms with Crippen LogP contribution in [0.25, 0.3) is 0 Å². The third-order valence-electron chi connectivity index (χ3n) is 3.22. The first-order chi connectivity index (χ1) is 10.7. The third kappa shape index (κ3) is 5.17. The van der Waals surface area contributed by atoms with Crippen molar-refractivity contribution in [3.05, 3.63) is 65.7 Å². The first-order valence-corrected chi connectivity index (χ1v) is 7.93. The number of rotatable bonds is 6. The molecule has 0 heterocycles. The molecule has 0 fully saturated rings. The van der Waals surface area contributed by atoms with E-state index in [0.29, 0.717) is 6.61 Å². The minimum atomic E-state index is -0.710. The van der Waals surface area contributed by atoms with Crippen molar-refractivity contribution in [2.24, 2.45) is 5.73 Å². The van der Waals surface area contributed by atoms with Crippen LogP contribution in [0.1, 0.15) is 50.5 Å². The Morgan fingerprint density at radius 2 is 1.55 bits per heavy atom. The third-order valence-corrected chi connectivity index (χ3v) is 3.22. The summed E-state index contributed by atoms with van der Waals surface area (Å²) in [4.78, 5) is 0. The summed E-state index contributed by atoms with van der Waals surface area (Å²) in [5.41, 5.74) is 7.85. The van der Waals surface area contributed by atoms with Gasteiger partial charge in [0.2, 0.25) is 0 Å². The molecule has 2 aromatic rings. The fraction of sp³-hybridized carbons (Fsp3) is 0.368. The average Bonchev–Trinajstić information content (AvgIpc) is 2.61. The topological polar surface area (TPSA) is 55.5 Å². The van der Waals surface area contributed by atoms with Gasteiger partial charge in [-0.25, -0.2) is 0 Å². The van der Waals surface area contributed by atoms with E-state index in [-0.39, 0.29) is 0 Å². The summed E-state index contributed by atoms with van der Waals surface area (Å²) in [6.45, 7) is 6.78. The van der Waals surface area contributed by atoms with Crippen LogP contribution >= 0.6 is 0 Å². The van der Waals surface area contributed by atoms with Crippen molar-refractivity contribution in [2.75, 3.05) is 6.61 Å². The Bertz CT molecular complexity index is 511. The van der Waals surface area contributed by atoms with Gasteiger partial charge in [0.15, 0.2) is 0 Å². The lowest BCUT2D eigenvalue weighted by atomic mass is 9.97. The molecule has 2 atom stereocenters. The summed E-state index contributed by atoms with van der Waals surface area (Å²) in [6.07, 6.45) is 0.271. The van der Waals surface area contributed by atoms with E-state index < -0.39 is 12.1 Å². The van der Waals surface area contributed by atoms with E-state index in [2.05, 4.69) is 6.92 Å². The fourth-order valence-electron chi connectivity index (χ4n) is 2.05. The van der Waals surface area contributed by atoms with Crippen molar-refractivity contribution in [3.8, 4) is 5.75 Å². The molecule has 0 radical (unpaired) electrons. The van der Waals surface area contributed by atoms with Gasteiger partial charge in [0, 0.05) is 0 Å². The van der Waals surface area contributed by atoms with Gasteiger partial charge in [0.05, 0.1) is 18.8 Å². The van der Waals surface area contributed by atoms with Crippen LogP contribution < -0.4 is 10.5 Å². The standard InChI is InChI=1S/C17H21NO2.C2H6/c1-2-12-20-15-10-8-13(9-11-15)16(18)17(19)14-6-4-3-5-7-14;1-2/h3-11,16-17,19H,2,12,18H2,1H3;1-2H3. The zero-order chi connectivity index (χ0) is 16.4. The number of aliphatic hydroxyl groups is 1. The molecule has 0 aliphatic carbocycles. The molecule has 2 unspecified atom stereocenters. The van der Waals surface area contributed by atoms with Crippen LogP contribution in [0.3, 0.4) is 0 Å². The van der Waals surface area contributed by atoms with E-state index in [1.165, 1.54) is 0 Å². The van der Waals surface area contributed by atoms with Crippen LogP contribution in [-0.4, -0.2) is 11.7 Å². The first-order valence-electron chi connectivity index (χ1n) is 7.93. The van der Waals surface area contributed by atoms with E-state index in [0.717, 1.165) is 23.3 Å². The van der Waals surface area contributed by atoms with Crippen molar-refractivity contribution in [2.45, 2.75) is 39.3 Å². The highest BCUT2D eigenvalue weighted by Gasteiger charge is 2.18. The lowest BCUT2D eigenvalue weighted by Crippen LogP contribution is -2.19. The molecule has 0 spiro atoms. The molecule has 3 N–H and O–H groups in total. The van der Waals surface area contributed by atoms with Gasteiger partial charge in [-0.15, -0.1) is 0 Å². The van der Waals surface area contributed by atoms with Crippen LogP contribution in [0.15, 0.2) is 54.6 Å². The molecule has 0 aliphatic heterocycles. The highest BCUT2D eigenvalue weighted by molar-refractivity contribution is 5.31. The Morgan fingerprint density at radius 3 is 2.09 bits per heavy atom. The summed E-state index contributed by atoms with van der Waals surface area (Å²) < 4.78 is 5.53. The van der Waals surface area contributed by atoms with E-state index in [9.17, 15) is 5.11 Å². The van der Waals surface area contributed by atoms with Crippen molar-refractivity contribution < 1.29 is 9.84 Å². The molecule has 0 saturated carbocycles. The molecular weight excluding hydrogens is 274 g/mol. The fourth-order valence-corrected chi connectivity index (χ4v) is 2.05. The molecule has 0 bridgehead atoms. The zero-order valence-corrected chi connectivity index (χ0v) is 13.7. The van der Waals surface area contributed by atoms with Gasteiger partial charge in [0.25, 0.3) is 0 Å². The number of hydrogen-bond donors (Lipinski definition) is 2. The number of benzene rings is 2. The second-order valence-corrected chi connectivity index (χ2v) is 4.80. The highest BCUT2D eigenvalue weighted by Crippen LogP contribution is 2.27. The Balaban J connectivity index is 0.00000116. The second-order valence-electron chi connectivity index (χ2n) is 4.80. The molecule has 3 nitrogen and oxygen atoms in total. The lowest BCUT2D eigenvalue weighted by molar-refractivity contribution is 0.147. The Labute approximate surface area is 133 Å². The van der Waals surface area contributed by atoms with E-state index in [1.807, 2.05) is 68.4 Å². The Morgan fingerprint density at radius 1 is 0.955 bits per heavy atom. The molecule has 0 saturated heterocycles. The number of hydrogen-bond acceptors (Lipinski definition) is 3. The number of ether oxygens (including phenoxy) is 1. The summed E-state index contributed by atoms with van der Waals surface area (Å²) in [7, 11) is 0. The predicted octanol–water partition coefficient (Wildman–Crippen LogP) is 4.24. The lowest BCUT2D eigenvalue weighted by Gasteiger charge is -2.20. The molecule has 0 amide bonds. The monoisotopic (exact) mass is 301 g/mol. The number of aliphatic hydroxyl groups excluding tert-OH is 1. The largest absolute Gasteiger partial charge is 0.494 e. The number of nitrogens with two attached hydrogens (primary N) is 1. The van der Waals surface area contributed by atoms with Crippen molar-refractivity contribution in [3.63, 3.8) is 0 Å². The highest BCUT2D eigenvalue weighted by atomic mass is 16.5. The zero-order valence-electron chi connectivity index (χ0n) is 13.7. The van der Waals surface area contributed by atoms with Gasteiger partial charge < -0.3 is 15.6 Å². The Hall–Kier alpha value is -1.84. The first kappa shape index (κ1) is 18.2. The SMILES string of the molecule is CC.CCCOc1ccc(C(N)C(O)c2ccccc2)cc1. The molecule has 2 aromatic carbocycles. The quantitative estimate of drug-likeness (QED) is 0.839. The van der Waals surface area contributed by atoms with Gasteiger partial charge >= 0.3 is 0 Å². The molecule has 22 heavy (non-hydrogen) atoms. The Kier molecular flexibility index (Phi) is 8.26. The van der Waals surface area contributed by atoms with Crippen LogP contribution in [-0.2, 0) is 0 Å². The van der Waals surface area contributed by atoms with Crippen LogP contribution in [0.5, 0.6) is 5.75 Å². The molecule has 2 rings (SSSR count). The predicted molar refractivity (Wildman–Crippen MR) is 91.9 cm³/mol. The maximum atomic E-state index is 10.3. The van der Waals surface area contributed by atoms with Gasteiger partial charge in [-0.05, 0) is 29.7 Å². The van der Waals surface area contributed by atoms with Crippen LogP contribution in [0, 0.1) is 0 Å². The van der Waals surface area contributed by atoms with E-state index in [4.69, 9.17) is 10.5 Å². The second kappa shape index (κ2) is 9.98. The average molecular weight is 301 g/mol. The molecule has 0 aliphatic rings. The van der Waals surface area contributed by atoms with Crippen LogP contribution in [0.2, 0.25) is 0 Å². The normalized spacial score (nSPS) is 12.8. The van der Waals surface area contributed by atoms with Gasteiger partial charge in [-0.1, -0.05) is 63.2 Å². The van der Waals surface area contributed by atoms with Gasteiger partial charge in [-0.2, -0.15) is 0 Å². The van der Waals surface area contributed by atoms with Crippen molar-refractivity contribution in [1.82, 2.24) is 0 Å². The van der Waals surface area contributed by atoms with Crippen LogP contribution in [0.4, 0.5) is 0 Å². The summed E-state index contributed by atoms with van der Waals surface area (Å²) in [5.74, 6) is 0.831. The minimum Gasteiger partial charge on any atom is -0.494 e. The molecular formula is C19H27NO2. The van der Waals surface area contributed by atoms with Gasteiger partial charge in [-0.3, -0.25) is 0 Å². The van der Waals surface area contributed by atoms with Crippen molar-refractivity contribution >= 4 is 0 Å². The molecule has 3 heteroatoms. The maximum absolute atomic E-state index is 10.3. The van der Waals surface area contributed by atoms with Crippen molar-refractivity contribution in [1.29, 1.82) is 0 Å². The van der Waals surface area contributed by atoms with E-state index in [1.54, 1.807) is 0 Å². The minimum absolute atomic E-state index is 0.447. The summed E-state index contributed by atoms with van der Waals surface area (Å²) in [5, 5.41) is 10.3. The molecule has 120 valence electrons.